The first-order chi connectivity index (χ1) is 36.5. The van der Waals surface area contributed by atoms with Crippen LogP contribution in [0.4, 0.5) is 17.1 Å². The van der Waals surface area contributed by atoms with Gasteiger partial charge in [0.1, 0.15) is 39.6 Å². The molecule has 18 nitrogen and oxygen atoms in total. The number of benzene rings is 3. The molecule has 0 spiro atoms. The largest absolute Gasteiger partial charge is 0.464 e. The van der Waals surface area contributed by atoms with Crippen molar-refractivity contribution in [3.8, 4) is 0 Å². The smallest absolute Gasteiger partial charge is 0.309 e. The molecule has 0 bridgehead atoms. The van der Waals surface area contributed by atoms with Gasteiger partial charge < -0.3 is 57.7 Å². The molecule has 2 saturated carbocycles. The summed E-state index contributed by atoms with van der Waals surface area (Å²) in [5, 5.41) is 3.19. The number of methoxy groups -OCH3 is 3. The maximum atomic E-state index is 12.4. The molecule has 18 heteroatoms. The maximum Gasteiger partial charge on any atom is 0.309 e. The first-order valence-electron chi connectivity index (χ1n) is 26.4. The van der Waals surface area contributed by atoms with Gasteiger partial charge in [-0.05, 0) is 88.8 Å². The number of anilines is 3. The van der Waals surface area contributed by atoms with Crippen molar-refractivity contribution in [3.05, 3.63) is 91.0 Å². The minimum atomic E-state index is -0.418. The van der Waals surface area contributed by atoms with Crippen molar-refractivity contribution in [2.24, 2.45) is 23.7 Å². The molecule has 0 aromatic heterocycles. The van der Waals surface area contributed by atoms with Gasteiger partial charge in [-0.25, -0.2) is 0 Å². The van der Waals surface area contributed by atoms with E-state index >= 15 is 0 Å². The van der Waals surface area contributed by atoms with Gasteiger partial charge in [-0.15, -0.1) is 0 Å². The number of esters is 6. The first-order valence-corrected chi connectivity index (χ1v) is 26.4. The molecule has 0 radical (unpaired) electrons. The fourth-order valence-corrected chi connectivity index (χ4v) is 8.39. The van der Waals surface area contributed by atoms with Crippen LogP contribution in [0.15, 0.2) is 91.0 Å². The molecule has 2 unspecified atom stereocenters. The van der Waals surface area contributed by atoms with E-state index in [0.717, 1.165) is 43.0 Å². The summed E-state index contributed by atoms with van der Waals surface area (Å²) >= 11 is 0. The number of rotatable bonds is 30. The monoisotopic (exact) mass is 1050 g/mol. The number of hydrogen-bond acceptors (Lipinski definition) is 18. The number of ether oxygens (including phenoxy) is 9. The van der Waals surface area contributed by atoms with Gasteiger partial charge in [0.05, 0.1) is 69.4 Å². The summed E-state index contributed by atoms with van der Waals surface area (Å²) < 4.78 is 45.8. The molecule has 2 fully saturated rings. The molecule has 0 aliphatic heterocycles. The van der Waals surface area contributed by atoms with E-state index in [4.69, 9.17) is 42.6 Å². The van der Waals surface area contributed by atoms with Crippen molar-refractivity contribution >= 4 is 52.9 Å². The van der Waals surface area contributed by atoms with Crippen LogP contribution in [0.1, 0.15) is 78.1 Å². The molecule has 1 N–H and O–H groups in total. The summed E-state index contributed by atoms with van der Waals surface area (Å²) in [5.74, 6) is -2.79. The number of hydrogen-bond donors (Lipinski definition) is 1. The topological polar surface area (TPSA) is 204 Å². The van der Waals surface area contributed by atoms with Crippen LogP contribution in [-0.2, 0) is 71.4 Å². The predicted octanol–water partition coefficient (Wildman–Crippen LogP) is 7.72. The van der Waals surface area contributed by atoms with Crippen molar-refractivity contribution in [2.75, 3.05) is 129 Å². The molecular formula is C57H83N3O15. The standard InChI is InChI=1S/C21H31NO5.C19H27NO5.C17H25NO5/c1-3-22(19-7-5-4-6-8-19)13-14-26-20(23)17-9-11-18(12-10-17)21(24)27-16-15-25-2;1-23-13-14-25-19(22)17-10-6-5-9-16(17)18(21)24-12-11-20-15-7-3-2-4-8-15;1-3-18(15-7-5-4-6-8-15)11-12-22-16(19)9-10-17(20)23-14-13-21-2/h4-8,17-18H,3,9-16H2,1-2H3;2-4,7-8,16-17,20H,5-6,9-14H2,1H3;4-8H,3,9-14H2,1-2H3. The third-order valence-electron chi connectivity index (χ3n) is 12.6. The zero-order chi connectivity index (χ0) is 54.3. The van der Waals surface area contributed by atoms with E-state index in [-0.39, 0.29) is 75.0 Å². The lowest BCUT2D eigenvalue weighted by Crippen LogP contribution is -2.36. The molecule has 2 aliphatic rings. The Kier molecular flexibility index (Phi) is 33.0. The van der Waals surface area contributed by atoms with Gasteiger partial charge in [0.2, 0.25) is 0 Å². The van der Waals surface area contributed by atoms with Gasteiger partial charge in [0.25, 0.3) is 0 Å². The zero-order valence-electron chi connectivity index (χ0n) is 45.0. The van der Waals surface area contributed by atoms with Crippen molar-refractivity contribution in [1.29, 1.82) is 0 Å². The van der Waals surface area contributed by atoms with Crippen molar-refractivity contribution < 1.29 is 71.4 Å². The Bertz CT molecular complexity index is 2020. The second-order valence-corrected chi connectivity index (χ2v) is 17.8. The van der Waals surface area contributed by atoms with E-state index < -0.39 is 23.8 Å². The number of para-hydroxylation sites is 3. The second-order valence-electron chi connectivity index (χ2n) is 17.8. The highest BCUT2D eigenvalue weighted by Crippen LogP contribution is 2.33. The predicted molar refractivity (Wildman–Crippen MR) is 285 cm³/mol. The molecule has 75 heavy (non-hydrogen) atoms. The van der Waals surface area contributed by atoms with Crippen molar-refractivity contribution in [1.82, 2.24) is 0 Å². The fourth-order valence-electron chi connectivity index (χ4n) is 8.39. The lowest BCUT2D eigenvalue weighted by molar-refractivity contribution is -0.163. The van der Waals surface area contributed by atoms with E-state index in [0.29, 0.717) is 91.2 Å². The van der Waals surface area contributed by atoms with Gasteiger partial charge in [-0.1, -0.05) is 67.4 Å². The normalized spacial score (nSPS) is 16.7. The third-order valence-corrected chi connectivity index (χ3v) is 12.6. The summed E-state index contributed by atoms with van der Waals surface area (Å²) in [5.41, 5.74) is 3.20. The molecule has 5 rings (SSSR count). The quantitative estimate of drug-likeness (QED) is 0.0386. The molecule has 0 saturated heterocycles. The molecule has 0 amide bonds. The van der Waals surface area contributed by atoms with Crippen LogP contribution in [0.3, 0.4) is 0 Å². The Hall–Kier alpha value is -6.24. The van der Waals surface area contributed by atoms with E-state index in [1.54, 1.807) is 14.2 Å². The van der Waals surface area contributed by atoms with Crippen LogP contribution >= 0.6 is 0 Å². The van der Waals surface area contributed by atoms with Gasteiger partial charge in [0, 0.05) is 58.0 Å². The molecule has 3 aromatic carbocycles. The number of carbonyl (C=O) groups is 6. The van der Waals surface area contributed by atoms with Gasteiger partial charge in [-0.3, -0.25) is 28.8 Å². The maximum absolute atomic E-state index is 12.4. The summed E-state index contributed by atoms with van der Waals surface area (Å²) in [6.45, 7) is 10.4. The fraction of sp³-hybridized carbons (Fsp3) is 0.579. The van der Waals surface area contributed by atoms with Crippen LogP contribution in [-0.4, -0.2) is 149 Å². The van der Waals surface area contributed by atoms with Crippen molar-refractivity contribution in [2.45, 2.75) is 78.1 Å². The Labute approximate surface area is 444 Å². The number of nitrogens with one attached hydrogen (secondary N) is 1. The van der Waals surface area contributed by atoms with Gasteiger partial charge >= 0.3 is 35.8 Å². The lowest BCUT2D eigenvalue weighted by atomic mass is 9.79. The van der Waals surface area contributed by atoms with Gasteiger partial charge in [-0.2, -0.15) is 0 Å². The molecule has 0 heterocycles. The Morgan fingerprint density at radius 3 is 1.23 bits per heavy atom. The van der Waals surface area contributed by atoms with Crippen LogP contribution in [0, 0.1) is 23.7 Å². The number of likely N-dealkylation sites (N-methyl/N-ethyl adjacent to an activating group) is 2. The number of carbonyl (C=O) groups excluding carboxylic acids is 6. The highest BCUT2D eigenvalue weighted by molar-refractivity contribution is 5.82. The minimum Gasteiger partial charge on any atom is -0.464 e. The first kappa shape index (κ1) is 63.1. The third kappa shape index (κ3) is 26.2. The molecule has 2 aliphatic carbocycles. The van der Waals surface area contributed by atoms with E-state index in [2.05, 4.69) is 34.2 Å². The SMILES string of the molecule is CCN(CCOC(=O)C1CCC(C(=O)OCCOC)CC1)c1ccccc1.CCN(CCOC(=O)CCC(=O)OCCOC)c1ccccc1.COCCOC(=O)C1CCCCC1C(=O)OCCNc1ccccc1. The molecule has 3 aromatic rings. The van der Waals surface area contributed by atoms with Crippen LogP contribution in [0.25, 0.3) is 0 Å². The molecule has 416 valence electrons. The van der Waals surface area contributed by atoms with Gasteiger partial charge in [0.15, 0.2) is 0 Å². The molecular weight excluding hydrogens is 967 g/mol. The van der Waals surface area contributed by atoms with E-state index in [9.17, 15) is 28.8 Å². The minimum absolute atomic E-state index is 0.0265. The highest BCUT2D eigenvalue weighted by atomic mass is 16.6. The second kappa shape index (κ2) is 39.2. The number of nitrogens with zero attached hydrogens (tertiary/aromatic N) is 2. The Morgan fingerprint density at radius 1 is 0.440 bits per heavy atom. The van der Waals surface area contributed by atoms with Crippen LogP contribution in [0.5, 0.6) is 0 Å². The summed E-state index contributed by atoms with van der Waals surface area (Å²) in [6.07, 6.45) is 5.99. The Morgan fingerprint density at radius 2 is 0.800 bits per heavy atom. The highest BCUT2D eigenvalue weighted by Gasteiger charge is 2.38. The summed E-state index contributed by atoms with van der Waals surface area (Å²) in [4.78, 5) is 76.1. The van der Waals surface area contributed by atoms with Crippen LogP contribution in [0.2, 0.25) is 0 Å². The average molecular weight is 1050 g/mol. The van der Waals surface area contributed by atoms with Crippen molar-refractivity contribution in [3.63, 3.8) is 0 Å². The summed E-state index contributed by atoms with van der Waals surface area (Å²) in [6, 6.07) is 29.8. The Balaban J connectivity index is 0.000000298. The molecule has 2 atom stereocenters. The average Bonchev–Trinajstić information content (AvgIpc) is 3.45. The summed E-state index contributed by atoms with van der Waals surface area (Å²) in [7, 11) is 4.66. The van der Waals surface area contributed by atoms with E-state index in [1.807, 2.05) is 85.8 Å². The lowest BCUT2D eigenvalue weighted by Gasteiger charge is -2.28. The zero-order valence-corrected chi connectivity index (χ0v) is 45.0. The van der Waals surface area contributed by atoms with E-state index in [1.165, 1.54) is 7.11 Å². The van der Waals surface area contributed by atoms with Crippen LogP contribution < -0.4 is 15.1 Å².